The number of ether oxygens (including phenoxy) is 1. The molecule has 2 N–H and O–H groups in total. The van der Waals surface area contributed by atoms with Gasteiger partial charge >= 0.3 is 5.97 Å². The zero-order valence-corrected chi connectivity index (χ0v) is 10.1. The number of nitrogens with zero attached hydrogens (tertiary/aromatic N) is 2. The predicted octanol–water partition coefficient (Wildman–Crippen LogP) is 0.415. The second-order valence-corrected chi connectivity index (χ2v) is 3.67. The summed E-state index contributed by atoms with van der Waals surface area (Å²) in [4.78, 5) is 11.4. The lowest BCUT2D eigenvalue weighted by Gasteiger charge is -2.10. The van der Waals surface area contributed by atoms with Gasteiger partial charge in [0.25, 0.3) is 0 Å². The molecule has 1 rings (SSSR count). The largest absolute Gasteiger partial charge is 0.465 e. The van der Waals surface area contributed by atoms with E-state index in [2.05, 4.69) is 5.10 Å². The Bertz CT molecular complexity index is 360. The minimum absolute atomic E-state index is 0.359. The topological polar surface area (TPSA) is 70.1 Å². The van der Waals surface area contributed by atoms with Gasteiger partial charge < -0.3 is 10.5 Å². The number of nitrogens with two attached hydrogens (primary N) is 1. The highest BCUT2D eigenvalue weighted by molar-refractivity contribution is 5.75. The number of rotatable bonds is 5. The number of aromatic nitrogens is 2. The smallest absolute Gasteiger partial charge is 0.323 e. The van der Waals surface area contributed by atoms with Crippen molar-refractivity contribution in [2.75, 3.05) is 6.61 Å². The Morgan fingerprint density at radius 2 is 2.31 bits per heavy atom. The lowest BCUT2D eigenvalue weighted by atomic mass is 10.1. The van der Waals surface area contributed by atoms with Crippen molar-refractivity contribution in [2.45, 2.75) is 32.7 Å². The summed E-state index contributed by atoms with van der Waals surface area (Å²) in [5.74, 6) is -0.359. The summed E-state index contributed by atoms with van der Waals surface area (Å²) < 4.78 is 6.62. The summed E-state index contributed by atoms with van der Waals surface area (Å²) in [6, 6.07) is 1.36. The highest BCUT2D eigenvalue weighted by Gasteiger charge is 2.17. The molecular formula is C11H19N3O2. The summed E-state index contributed by atoms with van der Waals surface area (Å²) in [6.45, 7) is 4.17. The second-order valence-electron chi connectivity index (χ2n) is 3.67. The maximum Gasteiger partial charge on any atom is 0.323 e. The van der Waals surface area contributed by atoms with Crippen LogP contribution in [0.3, 0.4) is 0 Å². The molecule has 1 heterocycles. The van der Waals surface area contributed by atoms with Gasteiger partial charge in [-0.3, -0.25) is 9.48 Å². The van der Waals surface area contributed by atoms with Crippen molar-refractivity contribution >= 4 is 5.97 Å². The summed E-state index contributed by atoms with van der Waals surface area (Å²) in [5, 5.41) is 4.30. The molecule has 90 valence electrons. The third kappa shape index (κ3) is 3.06. The van der Waals surface area contributed by atoms with Gasteiger partial charge in [-0.05, 0) is 19.4 Å². The van der Waals surface area contributed by atoms with Gasteiger partial charge in [0.15, 0.2) is 0 Å². The van der Waals surface area contributed by atoms with Crippen LogP contribution in [0.25, 0.3) is 0 Å². The number of aryl methyl sites for hydroxylation is 2. The van der Waals surface area contributed by atoms with Gasteiger partial charge in [0.2, 0.25) is 0 Å². The van der Waals surface area contributed by atoms with Gasteiger partial charge in [0.05, 0.1) is 12.3 Å². The molecule has 5 heteroatoms. The lowest BCUT2D eigenvalue weighted by molar-refractivity contribution is -0.144. The van der Waals surface area contributed by atoms with Crippen LogP contribution in [0.4, 0.5) is 0 Å². The van der Waals surface area contributed by atoms with Crippen LogP contribution in [0.15, 0.2) is 6.07 Å². The highest BCUT2D eigenvalue weighted by atomic mass is 16.5. The van der Waals surface area contributed by atoms with Crippen LogP contribution in [0.5, 0.6) is 0 Å². The number of carbonyl (C=O) groups is 1. The Morgan fingerprint density at radius 3 is 2.81 bits per heavy atom. The van der Waals surface area contributed by atoms with Crippen LogP contribution in [-0.4, -0.2) is 28.4 Å². The van der Waals surface area contributed by atoms with E-state index in [1.807, 2.05) is 20.0 Å². The molecule has 0 bridgehead atoms. The molecule has 0 saturated carbocycles. The fourth-order valence-corrected chi connectivity index (χ4v) is 1.49. The summed E-state index contributed by atoms with van der Waals surface area (Å²) in [5.41, 5.74) is 7.70. The molecule has 16 heavy (non-hydrogen) atoms. The molecule has 1 atom stereocenters. The molecule has 0 aliphatic carbocycles. The first-order valence-corrected chi connectivity index (χ1v) is 5.52. The van der Waals surface area contributed by atoms with Crippen LogP contribution in [-0.2, 0) is 29.4 Å². The molecule has 0 amide bonds. The third-order valence-electron chi connectivity index (χ3n) is 2.41. The first-order chi connectivity index (χ1) is 7.58. The average Bonchev–Trinajstić information content (AvgIpc) is 2.60. The molecule has 0 aromatic carbocycles. The van der Waals surface area contributed by atoms with Gasteiger partial charge in [-0.2, -0.15) is 5.10 Å². The molecule has 1 aromatic rings. The van der Waals surface area contributed by atoms with Crippen molar-refractivity contribution in [2.24, 2.45) is 12.8 Å². The molecule has 0 saturated heterocycles. The van der Waals surface area contributed by atoms with Gasteiger partial charge in [-0.1, -0.05) is 6.92 Å². The van der Waals surface area contributed by atoms with Gasteiger partial charge in [-0.25, -0.2) is 0 Å². The zero-order chi connectivity index (χ0) is 12.1. The molecule has 1 aromatic heterocycles. The van der Waals surface area contributed by atoms with E-state index < -0.39 is 6.04 Å². The van der Waals surface area contributed by atoms with Crippen LogP contribution >= 0.6 is 0 Å². The van der Waals surface area contributed by atoms with E-state index in [1.54, 1.807) is 11.6 Å². The highest BCUT2D eigenvalue weighted by Crippen LogP contribution is 2.06. The number of hydrogen-bond acceptors (Lipinski definition) is 4. The normalized spacial score (nSPS) is 12.5. The molecule has 0 spiro atoms. The maximum atomic E-state index is 11.4. The van der Waals surface area contributed by atoms with Gasteiger partial charge in [-0.15, -0.1) is 0 Å². The fourth-order valence-electron chi connectivity index (χ4n) is 1.49. The molecule has 0 radical (unpaired) electrons. The van der Waals surface area contributed by atoms with Crippen molar-refractivity contribution < 1.29 is 9.53 Å². The van der Waals surface area contributed by atoms with Crippen molar-refractivity contribution in [1.82, 2.24) is 9.78 Å². The number of hydrogen-bond donors (Lipinski definition) is 1. The van der Waals surface area contributed by atoms with Crippen LogP contribution in [0, 0.1) is 0 Å². The Kier molecular flexibility index (Phi) is 4.49. The summed E-state index contributed by atoms with van der Waals surface area (Å²) >= 11 is 0. The molecule has 1 unspecified atom stereocenters. The minimum atomic E-state index is -0.611. The quantitative estimate of drug-likeness (QED) is 0.737. The molecule has 0 aliphatic rings. The lowest BCUT2D eigenvalue weighted by Crippen LogP contribution is -2.34. The van der Waals surface area contributed by atoms with Crippen LogP contribution in [0.1, 0.15) is 25.2 Å². The second kappa shape index (κ2) is 5.65. The first kappa shape index (κ1) is 12.7. The van der Waals surface area contributed by atoms with Crippen molar-refractivity contribution in [3.05, 3.63) is 17.5 Å². The molecular weight excluding hydrogens is 206 g/mol. The van der Waals surface area contributed by atoms with E-state index in [0.29, 0.717) is 13.0 Å². The Morgan fingerprint density at radius 1 is 1.62 bits per heavy atom. The van der Waals surface area contributed by atoms with Gasteiger partial charge in [0.1, 0.15) is 6.04 Å². The van der Waals surface area contributed by atoms with E-state index in [1.165, 1.54) is 0 Å². The summed E-state index contributed by atoms with van der Waals surface area (Å²) in [6.07, 6.45) is 1.34. The minimum Gasteiger partial charge on any atom is -0.465 e. The Labute approximate surface area is 95.6 Å². The van der Waals surface area contributed by atoms with E-state index in [9.17, 15) is 4.79 Å². The SMILES string of the molecule is CCOC(=O)C(N)Cc1cc(CC)nn1C. The van der Waals surface area contributed by atoms with Crippen LogP contribution in [0.2, 0.25) is 0 Å². The molecule has 5 nitrogen and oxygen atoms in total. The van der Waals surface area contributed by atoms with E-state index in [-0.39, 0.29) is 5.97 Å². The Hall–Kier alpha value is -1.36. The van der Waals surface area contributed by atoms with Crippen molar-refractivity contribution in [3.63, 3.8) is 0 Å². The monoisotopic (exact) mass is 225 g/mol. The Balaban J connectivity index is 2.65. The predicted molar refractivity (Wildman–Crippen MR) is 60.9 cm³/mol. The van der Waals surface area contributed by atoms with Crippen LogP contribution < -0.4 is 5.73 Å². The molecule has 0 aliphatic heterocycles. The standard InChI is InChI=1S/C11H19N3O2/c1-4-8-6-9(14(3)13-8)7-10(12)11(15)16-5-2/h6,10H,4-5,7,12H2,1-3H3. The summed E-state index contributed by atoms with van der Waals surface area (Å²) in [7, 11) is 1.85. The van der Waals surface area contributed by atoms with Crippen molar-refractivity contribution in [3.8, 4) is 0 Å². The van der Waals surface area contributed by atoms with Crippen molar-refractivity contribution in [1.29, 1.82) is 0 Å². The zero-order valence-electron chi connectivity index (χ0n) is 10.1. The number of carbonyl (C=O) groups excluding carboxylic acids is 1. The number of esters is 1. The van der Waals surface area contributed by atoms with E-state index >= 15 is 0 Å². The average molecular weight is 225 g/mol. The fraction of sp³-hybridized carbons (Fsp3) is 0.636. The first-order valence-electron chi connectivity index (χ1n) is 5.52. The van der Waals surface area contributed by atoms with E-state index in [0.717, 1.165) is 17.8 Å². The third-order valence-corrected chi connectivity index (χ3v) is 2.41. The van der Waals surface area contributed by atoms with Gasteiger partial charge in [0, 0.05) is 19.2 Å². The maximum absolute atomic E-state index is 11.4. The van der Waals surface area contributed by atoms with E-state index in [4.69, 9.17) is 10.5 Å². The molecule has 0 fully saturated rings.